The average Bonchev–Trinajstić information content (AvgIpc) is 2.93. The van der Waals surface area contributed by atoms with E-state index in [0.29, 0.717) is 5.56 Å². The van der Waals surface area contributed by atoms with Crippen molar-refractivity contribution in [2.75, 3.05) is 13.2 Å². The molecule has 8 N–H and O–H groups in total. The third-order valence-electron chi connectivity index (χ3n) is 6.48. The predicted octanol–water partition coefficient (Wildman–Crippen LogP) is 0.607. The van der Waals surface area contributed by atoms with Gasteiger partial charge in [0, 0.05) is 12.8 Å². The highest BCUT2D eigenvalue weighted by Gasteiger charge is 2.52. The van der Waals surface area contributed by atoms with E-state index >= 15 is 0 Å². The molecular formula is C28H30O13. The number of rotatable bonds is 12. The van der Waals surface area contributed by atoms with Gasteiger partial charge in [-0.25, -0.2) is 4.79 Å². The fraction of sp³-hybridized carbons (Fsp3) is 0.321. The average molecular weight is 575 g/mol. The van der Waals surface area contributed by atoms with Crippen molar-refractivity contribution >= 4 is 29.7 Å². The summed E-state index contributed by atoms with van der Waals surface area (Å²) in [5, 5.41) is 78.1. The Balaban J connectivity index is 1.64. The van der Waals surface area contributed by atoms with Gasteiger partial charge >= 0.3 is 5.97 Å². The number of carbonyl (C=O) groups excluding carboxylic acids is 2. The summed E-state index contributed by atoms with van der Waals surface area (Å²) in [6, 6.07) is 6.11. The van der Waals surface area contributed by atoms with E-state index in [1.807, 2.05) is 0 Å². The molecule has 4 unspecified atom stereocenters. The number of hydrogen-bond acceptors (Lipinski definition) is 12. The van der Waals surface area contributed by atoms with Crippen molar-refractivity contribution in [1.29, 1.82) is 0 Å². The van der Waals surface area contributed by atoms with Crippen LogP contribution in [0.3, 0.4) is 0 Å². The summed E-state index contributed by atoms with van der Waals surface area (Å²) in [5.41, 5.74) is -1.28. The lowest BCUT2D eigenvalue weighted by atomic mass is 9.79. The normalized spacial score (nSPS) is 22.8. The molecule has 0 spiro atoms. The molecule has 2 aromatic rings. The predicted molar refractivity (Wildman–Crippen MR) is 141 cm³/mol. The van der Waals surface area contributed by atoms with Crippen LogP contribution in [-0.2, 0) is 30.5 Å². The minimum atomic E-state index is -2.12. The number of ketones is 2. The van der Waals surface area contributed by atoms with Crippen molar-refractivity contribution in [1.82, 2.24) is 0 Å². The Morgan fingerprint density at radius 2 is 1.49 bits per heavy atom. The number of benzene rings is 2. The van der Waals surface area contributed by atoms with Crippen LogP contribution in [0.25, 0.3) is 12.2 Å². The fourth-order valence-electron chi connectivity index (χ4n) is 4.19. The second-order valence-corrected chi connectivity index (χ2v) is 9.45. The maximum Gasteiger partial charge on any atom is 0.336 e. The van der Waals surface area contributed by atoms with Crippen LogP contribution >= 0.6 is 0 Å². The van der Waals surface area contributed by atoms with Crippen LogP contribution in [0.1, 0.15) is 29.5 Å². The lowest BCUT2D eigenvalue weighted by molar-refractivity contribution is -0.205. The third-order valence-corrected chi connectivity index (χ3v) is 6.48. The third kappa shape index (κ3) is 7.90. The van der Waals surface area contributed by atoms with E-state index in [9.17, 15) is 55.2 Å². The van der Waals surface area contributed by atoms with Gasteiger partial charge in [-0.1, -0.05) is 18.2 Å². The first-order chi connectivity index (χ1) is 19.3. The van der Waals surface area contributed by atoms with E-state index in [1.54, 1.807) is 0 Å². The number of hydrogen-bond donors (Lipinski definition) is 8. The van der Waals surface area contributed by atoms with Gasteiger partial charge in [0.05, 0.1) is 18.8 Å². The molecule has 0 heterocycles. The van der Waals surface area contributed by atoms with Gasteiger partial charge in [-0.3, -0.25) is 9.59 Å². The molecule has 13 heteroatoms. The molecule has 41 heavy (non-hydrogen) atoms. The van der Waals surface area contributed by atoms with Gasteiger partial charge in [-0.15, -0.1) is 0 Å². The molecule has 1 aliphatic carbocycles. The lowest BCUT2D eigenvalue weighted by Gasteiger charge is -2.42. The number of ether oxygens (including phenoxy) is 2. The van der Waals surface area contributed by atoms with E-state index in [0.717, 1.165) is 24.3 Å². The Bertz CT molecular complexity index is 1350. The van der Waals surface area contributed by atoms with Gasteiger partial charge < -0.3 is 50.3 Å². The highest BCUT2D eigenvalue weighted by Crippen LogP contribution is 2.35. The first kappa shape index (κ1) is 31.3. The van der Waals surface area contributed by atoms with Crippen LogP contribution in [0, 0.1) is 0 Å². The lowest BCUT2D eigenvalue weighted by Crippen LogP contribution is -2.58. The topological polar surface area (TPSA) is 232 Å². The largest absolute Gasteiger partial charge is 0.504 e. The van der Waals surface area contributed by atoms with Crippen LogP contribution in [0.2, 0.25) is 0 Å². The van der Waals surface area contributed by atoms with Crippen molar-refractivity contribution in [3.8, 4) is 23.0 Å². The maximum atomic E-state index is 12.4. The Kier molecular flexibility index (Phi) is 10.2. The van der Waals surface area contributed by atoms with Crippen molar-refractivity contribution in [3.63, 3.8) is 0 Å². The molecule has 220 valence electrons. The van der Waals surface area contributed by atoms with Gasteiger partial charge in [-0.2, -0.15) is 0 Å². The van der Waals surface area contributed by atoms with Gasteiger partial charge in [0.25, 0.3) is 0 Å². The summed E-state index contributed by atoms with van der Waals surface area (Å²) in [6.07, 6.45) is -0.902. The number of aliphatic carboxylic acids is 1. The van der Waals surface area contributed by atoms with Crippen LogP contribution in [0.5, 0.6) is 23.0 Å². The highest BCUT2D eigenvalue weighted by molar-refractivity contribution is 5.95. The summed E-state index contributed by atoms with van der Waals surface area (Å²) >= 11 is 0. The number of phenolic OH excluding ortho intramolecular Hbond substituents is 4. The number of aliphatic hydroxyl groups is 3. The number of carboxylic acids is 1. The zero-order valence-corrected chi connectivity index (χ0v) is 21.6. The Hall–Kier alpha value is -4.27. The standard InChI is InChI=1S/C28H30O13/c29-12-17-9-23(35)22(34)8-16(17)3-5-18(30)13-40-25-11-28(27(38)39,10-24(36)26(25)37)41-14-19(31)4-1-15-2-6-20(32)21(33)7-15/h1-9,24-26,29,32-37H,10-14H2,(H,38,39). The molecule has 0 aliphatic heterocycles. The highest BCUT2D eigenvalue weighted by atomic mass is 16.5. The van der Waals surface area contributed by atoms with E-state index in [4.69, 9.17) is 9.47 Å². The minimum absolute atomic E-state index is 0.227. The summed E-state index contributed by atoms with van der Waals surface area (Å²) in [6.45, 7) is -1.84. The molecule has 2 aromatic carbocycles. The number of phenols is 4. The molecule has 3 rings (SSSR count). The molecule has 0 saturated heterocycles. The molecule has 1 saturated carbocycles. The fourth-order valence-corrected chi connectivity index (χ4v) is 4.19. The Morgan fingerprint density at radius 3 is 2.15 bits per heavy atom. The monoisotopic (exact) mass is 574 g/mol. The number of carboxylic acid groups (broad SMARTS) is 1. The van der Waals surface area contributed by atoms with Gasteiger partial charge in [0.15, 0.2) is 40.2 Å². The van der Waals surface area contributed by atoms with Crippen LogP contribution in [-0.4, -0.2) is 95.5 Å². The quantitative estimate of drug-likeness (QED) is 0.128. The van der Waals surface area contributed by atoms with E-state index < -0.39 is 91.4 Å². The van der Waals surface area contributed by atoms with Crippen molar-refractivity contribution in [2.24, 2.45) is 0 Å². The van der Waals surface area contributed by atoms with Crippen molar-refractivity contribution in [3.05, 3.63) is 59.2 Å². The summed E-state index contributed by atoms with van der Waals surface area (Å²) < 4.78 is 10.8. The van der Waals surface area contributed by atoms with Crippen LogP contribution in [0.4, 0.5) is 0 Å². The molecule has 1 fully saturated rings. The van der Waals surface area contributed by atoms with E-state index in [1.165, 1.54) is 30.4 Å². The zero-order chi connectivity index (χ0) is 30.3. The van der Waals surface area contributed by atoms with Crippen LogP contribution < -0.4 is 0 Å². The van der Waals surface area contributed by atoms with Gasteiger partial charge in [-0.05, 0) is 53.1 Å². The minimum Gasteiger partial charge on any atom is -0.504 e. The molecule has 13 nitrogen and oxygen atoms in total. The Labute approximate surface area is 233 Å². The SMILES string of the molecule is O=C(C=Cc1cc(O)c(O)cc1CO)COC1CC(OCC(=O)C=Cc2ccc(O)c(O)c2)(C(=O)O)CC(O)C1O. The van der Waals surface area contributed by atoms with Crippen LogP contribution in [0.15, 0.2) is 42.5 Å². The second-order valence-electron chi connectivity index (χ2n) is 9.45. The first-order valence-corrected chi connectivity index (χ1v) is 12.3. The summed E-state index contributed by atoms with van der Waals surface area (Å²) in [5.74, 6) is -4.48. The summed E-state index contributed by atoms with van der Waals surface area (Å²) in [4.78, 5) is 36.9. The molecule has 0 radical (unpaired) electrons. The first-order valence-electron chi connectivity index (χ1n) is 12.3. The van der Waals surface area contributed by atoms with E-state index in [-0.39, 0.29) is 16.9 Å². The number of aromatic hydroxyl groups is 4. The molecule has 0 aromatic heterocycles. The molecule has 0 amide bonds. The molecule has 1 aliphatic rings. The molecular weight excluding hydrogens is 544 g/mol. The molecule has 0 bridgehead atoms. The summed E-state index contributed by atoms with van der Waals surface area (Å²) in [7, 11) is 0. The zero-order valence-electron chi connectivity index (χ0n) is 21.6. The molecule has 4 atom stereocenters. The van der Waals surface area contributed by atoms with E-state index in [2.05, 4.69) is 0 Å². The van der Waals surface area contributed by atoms with Crippen molar-refractivity contribution in [2.45, 2.75) is 43.4 Å². The van der Waals surface area contributed by atoms with Gasteiger partial charge in [0.2, 0.25) is 0 Å². The van der Waals surface area contributed by atoms with Gasteiger partial charge in [0.1, 0.15) is 19.3 Å². The number of carbonyl (C=O) groups is 3. The van der Waals surface area contributed by atoms with Crippen molar-refractivity contribution < 1.29 is 64.7 Å². The smallest absolute Gasteiger partial charge is 0.336 e. The second kappa shape index (κ2) is 13.4. The maximum absolute atomic E-state index is 12.4. The number of aliphatic hydroxyl groups excluding tert-OH is 3. The Morgan fingerprint density at radius 1 is 0.854 bits per heavy atom.